The van der Waals surface area contributed by atoms with Crippen molar-refractivity contribution in [3.8, 4) is 0 Å². The Morgan fingerprint density at radius 3 is 2.80 bits per heavy atom. The van der Waals surface area contributed by atoms with Crippen LogP contribution in [0.5, 0.6) is 0 Å². The van der Waals surface area contributed by atoms with Crippen LogP contribution >= 0.6 is 11.6 Å². The van der Waals surface area contributed by atoms with Crippen LogP contribution in [0.15, 0.2) is 0 Å². The van der Waals surface area contributed by atoms with Crippen molar-refractivity contribution in [2.75, 3.05) is 31.3 Å². The zero-order valence-electron chi connectivity index (χ0n) is 9.41. The Morgan fingerprint density at radius 1 is 1.53 bits per heavy atom. The highest BCUT2D eigenvalue weighted by Crippen LogP contribution is 2.21. The van der Waals surface area contributed by atoms with Gasteiger partial charge < -0.3 is 5.11 Å². The summed E-state index contributed by atoms with van der Waals surface area (Å²) in [4.78, 5) is 2.15. The molecular formula is C10H20ClNO2S. The summed E-state index contributed by atoms with van der Waals surface area (Å²) in [5.74, 6) is 0.963. The van der Waals surface area contributed by atoms with E-state index in [9.17, 15) is 9.32 Å². The van der Waals surface area contributed by atoms with Gasteiger partial charge >= 0.3 is 0 Å². The van der Waals surface area contributed by atoms with E-state index in [1.165, 1.54) is 0 Å². The van der Waals surface area contributed by atoms with Crippen LogP contribution in [0.2, 0.25) is 0 Å². The van der Waals surface area contributed by atoms with Gasteiger partial charge in [-0.05, 0) is 26.8 Å². The maximum Gasteiger partial charge on any atom is 0.0802 e. The minimum Gasteiger partial charge on any atom is -0.391 e. The zero-order chi connectivity index (χ0) is 11.5. The van der Waals surface area contributed by atoms with Gasteiger partial charge in [-0.1, -0.05) is 0 Å². The second kappa shape index (κ2) is 5.62. The van der Waals surface area contributed by atoms with Crippen LogP contribution in [0.3, 0.4) is 0 Å². The lowest BCUT2D eigenvalue weighted by Gasteiger charge is -2.23. The summed E-state index contributed by atoms with van der Waals surface area (Å²) < 4.78 is 11.7. The lowest BCUT2D eigenvalue weighted by molar-refractivity contribution is 0.132. The van der Waals surface area contributed by atoms with Gasteiger partial charge in [0, 0.05) is 40.3 Å². The van der Waals surface area contributed by atoms with Crippen LogP contribution in [0.4, 0.5) is 0 Å². The van der Waals surface area contributed by atoms with Gasteiger partial charge in [0.05, 0.1) is 6.10 Å². The van der Waals surface area contributed by atoms with Crippen molar-refractivity contribution in [1.82, 2.24) is 4.90 Å². The number of aliphatic hydroxyl groups excluding tert-OH is 1. The Labute approximate surface area is 99.2 Å². The third-order valence-electron chi connectivity index (χ3n) is 2.89. The largest absolute Gasteiger partial charge is 0.391 e. The minimum atomic E-state index is -0.762. The monoisotopic (exact) mass is 253 g/mol. The number of halogens is 1. The highest BCUT2D eigenvalue weighted by molar-refractivity contribution is 7.86. The first kappa shape index (κ1) is 13.4. The molecule has 1 saturated heterocycles. The SMILES string of the molecule is CC1(C)CCN(CC(O)CCl)CCS1=O. The molecule has 0 aliphatic carbocycles. The van der Waals surface area contributed by atoms with Gasteiger partial charge in [-0.3, -0.25) is 9.11 Å². The summed E-state index contributed by atoms with van der Waals surface area (Å²) in [6.07, 6.45) is 0.440. The second-order valence-corrected chi connectivity index (χ2v) is 7.18. The van der Waals surface area contributed by atoms with Crippen molar-refractivity contribution in [1.29, 1.82) is 0 Å². The topological polar surface area (TPSA) is 40.5 Å². The first-order valence-corrected chi connectivity index (χ1v) is 7.16. The standard InChI is InChI=1S/C10H20ClNO2S/c1-10(2)3-4-12(5-6-15(10)14)8-9(13)7-11/h9,13H,3-8H2,1-2H3. The van der Waals surface area contributed by atoms with E-state index in [-0.39, 0.29) is 10.6 Å². The fourth-order valence-corrected chi connectivity index (χ4v) is 3.06. The molecule has 5 heteroatoms. The van der Waals surface area contributed by atoms with Gasteiger partial charge in [0.1, 0.15) is 0 Å². The van der Waals surface area contributed by atoms with Gasteiger partial charge in [-0.15, -0.1) is 11.6 Å². The van der Waals surface area contributed by atoms with Crippen LogP contribution < -0.4 is 0 Å². The molecular weight excluding hydrogens is 234 g/mol. The van der Waals surface area contributed by atoms with Crippen LogP contribution in [0.1, 0.15) is 20.3 Å². The van der Waals surface area contributed by atoms with Gasteiger partial charge in [-0.25, -0.2) is 0 Å². The molecule has 0 aromatic carbocycles. The van der Waals surface area contributed by atoms with Gasteiger partial charge in [-0.2, -0.15) is 0 Å². The number of rotatable bonds is 3. The molecule has 0 bridgehead atoms. The van der Waals surface area contributed by atoms with Crippen LogP contribution in [0.25, 0.3) is 0 Å². The summed E-state index contributed by atoms with van der Waals surface area (Å²) in [5.41, 5.74) is 0. The smallest absolute Gasteiger partial charge is 0.0802 e. The molecule has 1 rings (SSSR count). The molecule has 90 valence electrons. The molecule has 2 unspecified atom stereocenters. The van der Waals surface area contributed by atoms with Gasteiger partial charge in [0.25, 0.3) is 0 Å². The summed E-state index contributed by atoms with van der Waals surface area (Å²) in [7, 11) is -0.762. The molecule has 15 heavy (non-hydrogen) atoms. The Bertz CT molecular complexity index is 235. The highest BCUT2D eigenvalue weighted by Gasteiger charge is 2.30. The Balaban J connectivity index is 2.49. The average molecular weight is 254 g/mol. The summed E-state index contributed by atoms with van der Waals surface area (Å²) in [6, 6.07) is 0. The number of aliphatic hydroxyl groups is 1. The van der Waals surface area contributed by atoms with E-state index in [1.807, 2.05) is 13.8 Å². The lowest BCUT2D eigenvalue weighted by atomic mass is 10.1. The van der Waals surface area contributed by atoms with Crippen molar-refractivity contribution >= 4 is 22.4 Å². The van der Waals surface area contributed by atoms with Crippen LogP contribution in [-0.4, -0.2) is 56.3 Å². The van der Waals surface area contributed by atoms with Crippen molar-refractivity contribution in [3.05, 3.63) is 0 Å². The molecule has 0 saturated carbocycles. The minimum absolute atomic E-state index is 0.0966. The third-order valence-corrected chi connectivity index (χ3v) is 5.23. The summed E-state index contributed by atoms with van der Waals surface area (Å²) in [6.45, 7) is 6.38. The van der Waals surface area contributed by atoms with Gasteiger partial charge in [0.2, 0.25) is 0 Å². The molecule has 1 aliphatic rings. The van der Waals surface area contributed by atoms with E-state index in [2.05, 4.69) is 4.90 Å². The van der Waals surface area contributed by atoms with Crippen LogP contribution in [0, 0.1) is 0 Å². The Hall–Kier alpha value is 0.360. The lowest BCUT2D eigenvalue weighted by Crippen LogP contribution is -2.35. The maximum absolute atomic E-state index is 11.8. The zero-order valence-corrected chi connectivity index (χ0v) is 11.0. The van der Waals surface area contributed by atoms with E-state index < -0.39 is 16.9 Å². The molecule has 0 aromatic heterocycles. The highest BCUT2D eigenvalue weighted by atomic mass is 35.5. The maximum atomic E-state index is 11.8. The number of alkyl halides is 1. The number of hydrogen-bond donors (Lipinski definition) is 1. The predicted octanol–water partition coefficient (Wildman–Crippen LogP) is 0.819. The normalized spacial score (nSPS) is 29.7. The molecule has 1 aliphatic heterocycles. The predicted molar refractivity (Wildman–Crippen MR) is 64.9 cm³/mol. The number of hydrogen-bond acceptors (Lipinski definition) is 3. The molecule has 2 atom stereocenters. The van der Waals surface area contributed by atoms with E-state index in [0.717, 1.165) is 19.5 Å². The Kier molecular flexibility index (Phi) is 5.03. The first-order chi connectivity index (χ1) is 6.95. The molecule has 3 nitrogen and oxygen atoms in total. The molecule has 0 aromatic rings. The van der Waals surface area contributed by atoms with Crippen LogP contribution in [-0.2, 0) is 10.8 Å². The molecule has 1 heterocycles. The molecule has 1 fully saturated rings. The number of β-amino-alcohol motifs (C(OH)–C–C–N with tert-alkyl or cyclic N) is 1. The molecule has 0 amide bonds. The molecule has 0 radical (unpaired) electrons. The van der Waals surface area contributed by atoms with Gasteiger partial charge in [0.15, 0.2) is 0 Å². The third kappa shape index (κ3) is 4.02. The van der Waals surface area contributed by atoms with E-state index in [1.54, 1.807) is 0 Å². The van der Waals surface area contributed by atoms with Crippen molar-refractivity contribution < 1.29 is 9.32 Å². The molecule has 1 N–H and O–H groups in total. The summed E-state index contributed by atoms with van der Waals surface area (Å²) in [5, 5.41) is 9.45. The second-order valence-electron chi connectivity index (χ2n) is 4.67. The fraction of sp³-hybridized carbons (Fsp3) is 1.00. The molecule has 0 spiro atoms. The summed E-state index contributed by atoms with van der Waals surface area (Å²) >= 11 is 5.56. The Morgan fingerprint density at radius 2 is 2.20 bits per heavy atom. The first-order valence-electron chi connectivity index (χ1n) is 5.30. The van der Waals surface area contributed by atoms with E-state index >= 15 is 0 Å². The van der Waals surface area contributed by atoms with E-state index in [4.69, 9.17) is 11.6 Å². The van der Waals surface area contributed by atoms with Crippen molar-refractivity contribution in [2.24, 2.45) is 0 Å². The van der Waals surface area contributed by atoms with Crippen molar-refractivity contribution in [3.63, 3.8) is 0 Å². The average Bonchev–Trinajstić information content (AvgIpc) is 2.31. The van der Waals surface area contributed by atoms with Crippen molar-refractivity contribution in [2.45, 2.75) is 31.1 Å². The van der Waals surface area contributed by atoms with E-state index in [0.29, 0.717) is 12.3 Å². The fourth-order valence-electron chi connectivity index (χ4n) is 1.67. The quantitative estimate of drug-likeness (QED) is 0.758. The number of nitrogens with zero attached hydrogens (tertiary/aromatic N) is 1.